The van der Waals surface area contributed by atoms with Crippen LogP contribution >= 0.6 is 22.6 Å². The Kier molecular flexibility index (Phi) is 0.690. The number of hydrogen-bond donors (Lipinski definition) is 0. The number of ether oxygens (including phenoxy) is 2. The van der Waals surface area contributed by atoms with Gasteiger partial charge in [0.25, 0.3) is 0 Å². The molecule has 0 saturated carbocycles. The van der Waals surface area contributed by atoms with Gasteiger partial charge in [0.15, 0.2) is 3.61 Å². The molecule has 0 spiro atoms. The van der Waals surface area contributed by atoms with Crippen molar-refractivity contribution in [3.05, 3.63) is 12.2 Å². The number of rotatable bonds is 0. The van der Waals surface area contributed by atoms with E-state index in [0.717, 1.165) is 0 Å². The Morgan fingerprint density at radius 2 is 2.44 bits per heavy atom. The summed E-state index contributed by atoms with van der Waals surface area (Å²) in [7, 11) is 0. The maximum atomic E-state index is 5.39. The summed E-state index contributed by atoms with van der Waals surface area (Å²) in [4.78, 5) is 0. The molecule has 2 heterocycles. The van der Waals surface area contributed by atoms with Crippen molar-refractivity contribution < 1.29 is 9.47 Å². The monoisotopic (exact) mass is 236 g/mol. The van der Waals surface area contributed by atoms with Gasteiger partial charge < -0.3 is 9.47 Å². The third-order valence-electron chi connectivity index (χ3n) is 2.01. The molecular weight excluding hydrogens is 231 g/mol. The fourth-order valence-electron chi connectivity index (χ4n) is 1.35. The van der Waals surface area contributed by atoms with Crippen LogP contribution in [-0.2, 0) is 9.47 Å². The Bertz CT molecular complexity index is 203. The van der Waals surface area contributed by atoms with Crippen LogP contribution in [0.3, 0.4) is 0 Å². The van der Waals surface area contributed by atoms with Gasteiger partial charge in [0, 0.05) is 0 Å². The number of epoxide rings is 2. The Morgan fingerprint density at radius 1 is 1.56 bits per heavy atom. The Labute approximate surface area is 66.3 Å². The van der Waals surface area contributed by atoms with E-state index in [1.807, 2.05) is 0 Å². The minimum atomic E-state index is 0.0232. The second-order valence-electron chi connectivity index (χ2n) is 2.66. The van der Waals surface area contributed by atoms with E-state index < -0.39 is 0 Å². The smallest absolute Gasteiger partial charge is 0.166 e. The van der Waals surface area contributed by atoms with Crippen molar-refractivity contribution >= 4 is 22.6 Å². The molecule has 3 rings (SSSR count). The maximum absolute atomic E-state index is 5.39. The molecule has 4 atom stereocenters. The van der Waals surface area contributed by atoms with Crippen molar-refractivity contribution in [2.24, 2.45) is 0 Å². The molecule has 3 heteroatoms. The first-order valence-electron chi connectivity index (χ1n) is 3.01. The van der Waals surface area contributed by atoms with Crippen LogP contribution in [0.5, 0.6) is 0 Å². The molecule has 4 unspecified atom stereocenters. The first-order valence-corrected chi connectivity index (χ1v) is 4.09. The zero-order valence-electron chi connectivity index (χ0n) is 4.58. The lowest BCUT2D eigenvalue weighted by Crippen LogP contribution is -2.13. The van der Waals surface area contributed by atoms with Gasteiger partial charge in [-0.2, -0.15) is 0 Å². The van der Waals surface area contributed by atoms with Gasteiger partial charge in [-0.3, -0.25) is 0 Å². The molecule has 0 bridgehead atoms. The molecule has 1 aliphatic carbocycles. The second-order valence-corrected chi connectivity index (χ2v) is 4.35. The van der Waals surface area contributed by atoms with E-state index in [-0.39, 0.29) is 3.61 Å². The van der Waals surface area contributed by atoms with Crippen LogP contribution in [0.2, 0.25) is 0 Å². The largest absolute Gasteiger partial charge is 0.362 e. The topological polar surface area (TPSA) is 25.1 Å². The summed E-state index contributed by atoms with van der Waals surface area (Å²) in [5.74, 6) is 0. The lowest BCUT2D eigenvalue weighted by Gasteiger charge is -1.96. The molecule has 48 valence electrons. The van der Waals surface area contributed by atoms with Gasteiger partial charge in [0.05, 0.1) is 0 Å². The van der Waals surface area contributed by atoms with Gasteiger partial charge >= 0.3 is 0 Å². The SMILES string of the molecule is IC12C=CC3OC3C1O2. The number of halogens is 1. The average Bonchev–Trinajstić information content (AvgIpc) is 2.52. The first-order chi connectivity index (χ1) is 4.30. The highest BCUT2D eigenvalue weighted by molar-refractivity contribution is 14.1. The van der Waals surface area contributed by atoms with Crippen LogP contribution in [-0.4, -0.2) is 21.9 Å². The third-order valence-corrected chi connectivity index (χ3v) is 3.24. The normalized spacial score (nSPS) is 66.6. The highest BCUT2D eigenvalue weighted by Crippen LogP contribution is 2.55. The van der Waals surface area contributed by atoms with Crippen LogP contribution in [0.4, 0.5) is 0 Å². The van der Waals surface area contributed by atoms with Crippen molar-refractivity contribution in [3.63, 3.8) is 0 Å². The van der Waals surface area contributed by atoms with Crippen molar-refractivity contribution in [2.75, 3.05) is 0 Å². The molecule has 3 aliphatic rings. The standard InChI is InChI=1S/C6H5IO2/c7-6-2-1-3-4(8-3)5(6)9-6/h1-5H. The maximum Gasteiger partial charge on any atom is 0.166 e. The summed E-state index contributed by atoms with van der Waals surface area (Å²) < 4.78 is 10.7. The molecule has 2 saturated heterocycles. The van der Waals surface area contributed by atoms with E-state index in [2.05, 4.69) is 34.7 Å². The van der Waals surface area contributed by atoms with Crippen LogP contribution in [0.25, 0.3) is 0 Å². The van der Waals surface area contributed by atoms with Crippen LogP contribution in [0.15, 0.2) is 12.2 Å². The summed E-state index contributed by atoms with van der Waals surface area (Å²) in [6.07, 6.45) is 5.35. The summed E-state index contributed by atoms with van der Waals surface area (Å²) in [6, 6.07) is 0. The molecule has 0 aromatic rings. The van der Waals surface area contributed by atoms with E-state index in [1.165, 1.54) is 0 Å². The Balaban J connectivity index is 2.04. The summed E-state index contributed by atoms with van der Waals surface area (Å²) in [6.45, 7) is 0. The summed E-state index contributed by atoms with van der Waals surface area (Å²) >= 11 is 2.32. The fraction of sp³-hybridized carbons (Fsp3) is 0.667. The van der Waals surface area contributed by atoms with Crippen molar-refractivity contribution in [2.45, 2.75) is 21.9 Å². The van der Waals surface area contributed by atoms with E-state index in [1.54, 1.807) is 0 Å². The Hall–Kier alpha value is 0.390. The highest BCUT2D eigenvalue weighted by Gasteiger charge is 2.67. The average molecular weight is 236 g/mol. The molecule has 0 aromatic heterocycles. The predicted molar refractivity (Wildman–Crippen MR) is 39.4 cm³/mol. The van der Waals surface area contributed by atoms with Crippen LogP contribution < -0.4 is 0 Å². The van der Waals surface area contributed by atoms with E-state index in [0.29, 0.717) is 18.3 Å². The second kappa shape index (κ2) is 1.22. The molecule has 0 radical (unpaired) electrons. The van der Waals surface area contributed by atoms with E-state index in [4.69, 9.17) is 9.47 Å². The minimum Gasteiger partial charge on any atom is -0.362 e. The van der Waals surface area contributed by atoms with Crippen molar-refractivity contribution in [3.8, 4) is 0 Å². The molecule has 2 nitrogen and oxygen atoms in total. The Morgan fingerprint density at radius 3 is 3.22 bits per heavy atom. The van der Waals surface area contributed by atoms with Crippen LogP contribution in [0.1, 0.15) is 0 Å². The molecule has 2 aliphatic heterocycles. The van der Waals surface area contributed by atoms with E-state index in [9.17, 15) is 0 Å². The van der Waals surface area contributed by atoms with E-state index >= 15 is 0 Å². The van der Waals surface area contributed by atoms with Gasteiger partial charge in [-0.25, -0.2) is 0 Å². The molecule has 0 N–H and O–H groups in total. The third kappa shape index (κ3) is 0.531. The quantitative estimate of drug-likeness (QED) is 0.269. The van der Waals surface area contributed by atoms with Gasteiger partial charge in [-0.1, -0.05) is 6.08 Å². The lowest BCUT2D eigenvalue weighted by atomic mass is 10.1. The zero-order valence-corrected chi connectivity index (χ0v) is 6.74. The first kappa shape index (κ1) is 5.09. The molecular formula is C6H5IO2. The minimum absolute atomic E-state index is 0.0232. The number of hydrogen-bond acceptors (Lipinski definition) is 2. The van der Waals surface area contributed by atoms with Gasteiger partial charge in [-0.05, 0) is 28.7 Å². The molecule has 0 amide bonds. The molecule has 0 aromatic carbocycles. The number of alkyl halides is 1. The van der Waals surface area contributed by atoms with Crippen LogP contribution in [0, 0.1) is 0 Å². The highest BCUT2D eigenvalue weighted by atomic mass is 127. The fourth-order valence-corrected chi connectivity index (χ4v) is 2.18. The lowest BCUT2D eigenvalue weighted by molar-refractivity contribution is 0.312. The number of fused-ring (bicyclic) bond motifs is 3. The summed E-state index contributed by atoms with van der Waals surface area (Å²) in [5.41, 5.74) is 0. The molecule has 9 heavy (non-hydrogen) atoms. The van der Waals surface area contributed by atoms with Crippen molar-refractivity contribution in [1.29, 1.82) is 0 Å². The predicted octanol–water partition coefficient (Wildman–Crippen LogP) is 0.854. The molecule has 2 fully saturated rings. The van der Waals surface area contributed by atoms with Gasteiger partial charge in [-0.15, -0.1) is 0 Å². The van der Waals surface area contributed by atoms with Gasteiger partial charge in [0.2, 0.25) is 0 Å². The zero-order chi connectivity index (χ0) is 6.06. The van der Waals surface area contributed by atoms with Crippen molar-refractivity contribution in [1.82, 2.24) is 0 Å². The summed E-state index contributed by atoms with van der Waals surface area (Å²) in [5, 5.41) is 0. The van der Waals surface area contributed by atoms with Gasteiger partial charge in [0.1, 0.15) is 18.3 Å².